The van der Waals surface area contributed by atoms with Crippen molar-refractivity contribution in [3.05, 3.63) is 0 Å². The van der Waals surface area contributed by atoms with Gasteiger partial charge in [-0.2, -0.15) is 0 Å². The molecule has 0 saturated carbocycles. The summed E-state index contributed by atoms with van der Waals surface area (Å²) in [4.78, 5) is 15.9. The number of carbonyl (C=O) groups excluding carboxylic acids is 1. The van der Waals surface area contributed by atoms with E-state index in [-0.39, 0.29) is 17.9 Å². The molecule has 4 heteroatoms. The molecule has 1 saturated heterocycles. The van der Waals surface area contributed by atoms with Crippen LogP contribution in [0.2, 0.25) is 0 Å². The Morgan fingerprint density at radius 1 is 1.25 bits per heavy atom. The van der Waals surface area contributed by atoms with E-state index >= 15 is 0 Å². The van der Waals surface area contributed by atoms with E-state index in [4.69, 9.17) is 0 Å². The Morgan fingerprint density at radius 3 is 2.25 bits per heavy atom. The van der Waals surface area contributed by atoms with Crippen LogP contribution in [0.5, 0.6) is 0 Å². The fourth-order valence-electron chi connectivity index (χ4n) is 1.94. The first-order valence-corrected chi connectivity index (χ1v) is 6.23. The molecule has 0 radical (unpaired) electrons. The molecule has 1 unspecified atom stereocenters. The summed E-state index contributed by atoms with van der Waals surface area (Å²) in [5, 5.41) is 9.55. The predicted molar refractivity (Wildman–Crippen MR) is 64.2 cm³/mol. The molecule has 1 atom stereocenters. The zero-order valence-electron chi connectivity index (χ0n) is 10.6. The molecule has 1 aliphatic heterocycles. The molecule has 0 bridgehead atoms. The van der Waals surface area contributed by atoms with E-state index in [9.17, 15) is 9.90 Å². The number of aliphatic hydroxyl groups excluding tert-OH is 1. The fourth-order valence-corrected chi connectivity index (χ4v) is 1.94. The highest BCUT2D eigenvalue weighted by atomic mass is 16.3. The third kappa shape index (κ3) is 3.76. The van der Waals surface area contributed by atoms with E-state index < -0.39 is 0 Å². The number of aliphatic hydroxyl groups is 1. The van der Waals surface area contributed by atoms with Gasteiger partial charge in [0.25, 0.3) is 0 Å². The Bertz CT molecular complexity index is 223. The highest BCUT2D eigenvalue weighted by Crippen LogP contribution is 2.08. The SMILES string of the molecule is CCC(O)CN1CCN(C(=O)C(C)C)CC1. The highest BCUT2D eigenvalue weighted by Gasteiger charge is 2.23. The second kappa shape index (κ2) is 6.21. The number of β-amino-alcohol motifs (C(OH)–C–C–N with tert-alkyl or cyclic N) is 1. The quantitative estimate of drug-likeness (QED) is 0.764. The average molecular weight is 228 g/mol. The number of rotatable bonds is 4. The van der Waals surface area contributed by atoms with Crippen molar-refractivity contribution in [1.29, 1.82) is 0 Å². The third-order valence-electron chi connectivity index (χ3n) is 3.12. The van der Waals surface area contributed by atoms with E-state index in [1.54, 1.807) is 0 Å². The van der Waals surface area contributed by atoms with Crippen LogP contribution in [0.15, 0.2) is 0 Å². The van der Waals surface area contributed by atoms with Crippen LogP contribution < -0.4 is 0 Å². The van der Waals surface area contributed by atoms with Crippen LogP contribution in [-0.2, 0) is 4.79 Å². The molecule has 0 spiro atoms. The van der Waals surface area contributed by atoms with Gasteiger partial charge < -0.3 is 10.0 Å². The lowest BCUT2D eigenvalue weighted by atomic mass is 10.1. The van der Waals surface area contributed by atoms with Crippen LogP contribution in [-0.4, -0.2) is 59.6 Å². The molecule has 94 valence electrons. The maximum Gasteiger partial charge on any atom is 0.225 e. The second-order valence-corrected chi connectivity index (χ2v) is 4.84. The zero-order valence-corrected chi connectivity index (χ0v) is 10.6. The molecule has 1 amide bonds. The minimum Gasteiger partial charge on any atom is -0.392 e. The van der Waals surface area contributed by atoms with Crippen molar-refractivity contribution in [1.82, 2.24) is 9.80 Å². The van der Waals surface area contributed by atoms with Crippen molar-refractivity contribution in [2.24, 2.45) is 5.92 Å². The third-order valence-corrected chi connectivity index (χ3v) is 3.12. The number of hydrogen-bond acceptors (Lipinski definition) is 3. The fraction of sp³-hybridized carbons (Fsp3) is 0.917. The largest absolute Gasteiger partial charge is 0.392 e. The maximum absolute atomic E-state index is 11.7. The summed E-state index contributed by atoms with van der Waals surface area (Å²) in [5.74, 6) is 0.337. The molecule has 0 aromatic heterocycles. The lowest BCUT2D eigenvalue weighted by Crippen LogP contribution is -2.51. The van der Waals surface area contributed by atoms with Gasteiger partial charge in [-0.25, -0.2) is 0 Å². The van der Waals surface area contributed by atoms with E-state index in [1.807, 2.05) is 25.7 Å². The summed E-state index contributed by atoms with van der Waals surface area (Å²) in [6.45, 7) is 9.97. The predicted octanol–water partition coefficient (Wildman–Crippen LogP) is 0.557. The molecule has 0 aromatic rings. The van der Waals surface area contributed by atoms with Crippen molar-refractivity contribution in [3.8, 4) is 0 Å². The van der Waals surface area contributed by atoms with Crippen molar-refractivity contribution in [2.75, 3.05) is 32.7 Å². The summed E-state index contributed by atoms with van der Waals surface area (Å²) in [6.07, 6.45) is 0.567. The van der Waals surface area contributed by atoms with Crippen LogP contribution in [0, 0.1) is 5.92 Å². The second-order valence-electron chi connectivity index (χ2n) is 4.84. The van der Waals surface area contributed by atoms with Gasteiger partial charge in [-0.15, -0.1) is 0 Å². The van der Waals surface area contributed by atoms with Gasteiger partial charge in [0.05, 0.1) is 6.10 Å². The number of carbonyl (C=O) groups is 1. The van der Waals surface area contributed by atoms with Gasteiger partial charge in [-0.3, -0.25) is 9.69 Å². The highest BCUT2D eigenvalue weighted by molar-refractivity contribution is 5.78. The minimum atomic E-state index is -0.229. The van der Waals surface area contributed by atoms with Gasteiger partial charge in [-0.05, 0) is 6.42 Å². The van der Waals surface area contributed by atoms with Crippen LogP contribution in [0.4, 0.5) is 0 Å². The van der Waals surface area contributed by atoms with E-state index in [1.165, 1.54) is 0 Å². The van der Waals surface area contributed by atoms with Gasteiger partial charge in [0.2, 0.25) is 5.91 Å². The normalized spacial score (nSPS) is 20.2. The first-order chi connectivity index (χ1) is 7.54. The van der Waals surface area contributed by atoms with E-state index in [0.29, 0.717) is 0 Å². The smallest absolute Gasteiger partial charge is 0.225 e. The first kappa shape index (κ1) is 13.5. The Kier molecular flexibility index (Phi) is 5.22. The van der Waals surface area contributed by atoms with Crippen LogP contribution in [0.25, 0.3) is 0 Å². The van der Waals surface area contributed by atoms with Crippen molar-refractivity contribution >= 4 is 5.91 Å². The minimum absolute atomic E-state index is 0.0905. The van der Waals surface area contributed by atoms with Crippen LogP contribution >= 0.6 is 0 Å². The van der Waals surface area contributed by atoms with E-state index in [2.05, 4.69) is 4.90 Å². The molecule has 4 nitrogen and oxygen atoms in total. The first-order valence-electron chi connectivity index (χ1n) is 6.23. The Labute approximate surface area is 98.2 Å². The summed E-state index contributed by atoms with van der Waals surface area (Å²) in [7, 11) is 0. The number of nitrogens with zero attached hydrogens (tertiary/aromatic N) is 2. The molecule has 1 fully saturated rings. The average Bonchev–Trinajstić information content (AvgIpc) is 2.28. The summed E-state index contributed by atoms with van der Waals surface area (Å²) in [5.41, 5.74) is 0. The van der Waals surface area contributed by atoms with E-state index in [0.717, 1.165) is 39.1 Å². The number of amides is 1. The Hall–Kier alpha value is -0.610. The number of hydrogen-bond donors (Lipinski definition) is 1. The molecule has 1 heterocycles. The molecule has 16 heavy (non-hydrogen) atoms. The summed E-state index contributed by atoms with van der Waals surface area (Å²) >= 11 is 0. The number of piperazine rings is 1. The summed E-state index contributed by atoms with van der Waals surface area (Å²) in [6, 6.07) is 0. The van der Waals surface area contributed by atoms with Gasteiger partial charge in [0.1, 0.15) is 0 Å². The van der Waals surface area contributed by atoms with Crippen molar-refractivity contribution in [2.45, 2.75) is 33.3 Å². The molecule has 1 N–H and O–H groups in total. The standard InChI is InChI=1S/C12H24N2O2/c1-4-11(15)9-13-5-7-14(8-6-13)12(16)10(2)3/h10-11,15H,4-9H2,1-3H3. The molecular formula is C12H24N2O2. The van der Waals surface area contributed by atoms with Crippen molar-refractivity contribution in [3.63, 3.8) is 0 Å². The molecule has 0 aliphatic carbocycles. The molecular weight excluding hydrogens is 204 g/mol. The zero-order chi connectivity index (χ0) is 12.1. The molecule has 0 aromatic carbocycles. The monoisotopic (exact) mass is 228 g/mol. The summed E-state index contributed by atoms with van der Waals surface area (Å²) < 4.78 is 0. The van der Waals surface area contributed by atoms with Gasteiger partial charge in [0, 0.05) is 38.6 Å². The molecule has 1 aliphatic rings. The van der Waals surface area contributed by atoms with Crippen LogP contribution in [0.1, 0.15) is 27.2 Å². The Morgan fingerprint density at radius 2 is 1.81 bits per heavy atom. The lowest BCUT2D eigenvalue weighted by molar-refractivity contribution is -0.136. The van der Waals surface area contributed by atoms with Gasteiger partial charge in [-0.1, -0.05) is 20.8 Å². The lowest BCUT2D eigenvalue weighted by Gasteiger charge is -2.36. The van der Waals surface area contributed by atoms with Crippen molar-refractivity contribution < 1.29 is 9.90 Å². The van der Waals surface area contributed by atoms with Gasteiger partial charge in [0.15, 0.2) is 0 Å². The molecule has 1 rings (SSSR count). The Balaban J connectivity index is 2.31. The van der Waals surface area contributed by atoms with Gasteiger partial charge >= 0.3 is 0 Å². The topological polar surface area (TPSA) is 43.8 Å². The maximum atomic E-state index is 11.7. The van der Waals surface area contributed by atoms with Crippen LogP contribution in [0.3, 0.4) is 0 Å².